The molecule has 1 aromatic carbocycles. The van der Waals surface area contributed by atoms with Gasteiger partial charge in [0.05, 0.1) is 12.0 Å². The van der Waals surface area contributed by atoms with Crippen LogP contribution < -0.4 is 4.74 Å². The van der Waals surface area contributed by atoms with Gasteiger partial charge in [-0.3, -0.25) is 9.08 Å². The topological polar surface area (TPSA) is 44.4 Å². The molecular weight excluding hydrogens is 308 g/mol. The average molecular weight is 319 g/mol. The van der Waals surface area contributed by atoms with Gasteiger partial charge in [0.25, 0.3) is 0 Å². The molecule has 0 spiro atoms. The van der Waals surface area contributed by atoms with Crippen molar-refractivity contribution in [2.75, 3.05) is 7.11 Å². The first kappa shape index (κ1) is 12.7. The number of nitrogens with zero attached hydrogens (tertiary/aromatic N) is 4. The van der Waals surface area contributed by atoms with E-state index in [0.29, 0.717) is 5.15 Å². The number of aromatic nitrogens is 4. The van der Waals surface area contributed by atoms with Crippen LogP contribution in [0, 0.1) is 0 Å². The minimum atomic E-state index is 0.507. The number of thiazole rings is 1. The fourth-order valence-corrected chi connectivity index (χ4v) is 3.61. The Morgan fingerprint density at radius 1 is 1.24 bits per heavy atom. The standard InChI is InChI=1S/C14H11ClN4OS/c1-18-5-9-3-8(4-10(20-2)13(9)17-18)11-6-19-7-12(15)16-14(19)21-11/h3-7H,1-2H3. The van der Waals surface area contributed by atoms with Gasteiger partial charge >= 0.3 is 0 Å². The molecule has 3 aromatic heterocycles. The first-order chi connectivity index (χ1) is 10.1. The molecule has 4 aromatic rings. The molecule has 0 aliphatic rings. The van der Waals surface area contributed by atoms with E-state index in [1.54, 1.807) is 29.3 Å². The van der Waals surface area contributed by atoms with Crippen LogP contribution in [0.25, 0.3) is 26.3 Å². The summed E-state index contributed by atoms with van der Waals surface area (Å²) in [7, 11) is 3.56. The second-order valence-corrected chi connectivity index (χ2v) is 6.16. The van der Waals surface area contributed by atoms with Crippen molar-refractivity contribution in [2.45, 2.75) is 0 Å². The molecule has 0 unspecified atom stereocenters. The molecule has 0 fully saturated rings. The van der Waals surface area contributed by atoms with Gasteiger partial charge in [-0.1, -0.05) is 22.9 Å². The zero-order valence-electron chi connectivity index (χ0n) is 11.4. The van der Waals surface area contributed by atoms with Gasteiger partial charge < -0.3 is 4.74 Å². The predicted molar refractivity (Wildman–Crippen MR) is 84.3 cm³/mol. The van der Waals surface area contributed by atoms with Crippen molar-refractivity contribution in [3.63, 3.8) is 0 Å². The average Bonchev–Trinajstić information content (AvgIpc) is 3.08. The Hall–Kier alpha value is -2.05. The summed E-state index contributed by atoms with van der Waals surface area (Å²) in [5.74, 6) is 0.771. The van der Waals surface area contributed by atoms with Crippen molar-refractivity contribution in [1.29, 1.82) is 0 Å². The van der Waals surface area contributed by atoms with Gasteiger partial charge in [0, 0.05) is 31.0 Å². The van der Waals surface area contributed by atoms with Crippen LogP contribution in [0.1, 0.15) is 0 Å². The fourth-order valence-electron chi connectivity index (χ4n) is 2.42. The second-order valence-electron chi connectivity index (χ2n) is 4.77. The Bertz CT molecular complexity index is 937. The first-order valence-corrected chi connectivity index (χ1v) is 7.49. The van der Waals surface area contributed by atoms with E-state index in [-0.39, 0.29) is 0 Å². The quantitative estimate of drug-likeness (QED) is 0.567. The molecule has 106 valence electrons. The smallest absolute Gasteiger partial charge is 0.195 e. The van der Waals surface area contributed by atoms with Crippen molar-refractivity contribution in [3.05, 3.63) is 35.9 Å². The summed E-state index contributed by atoms with van der Waals surface area (Å²) >= 11 is 7.49. The number of hydrogen-bond acceptors (Lipinski definition) is 4. The zero-order chi connectivity index (χ0) is 14.6. The summed E-state index contributed by atoms with van der Waals surface area (Å²) in [4.78, 5) is 6.25. The van der Waals surface area contributed by atoms with E-state index in [2.05, 4.69) is 16.1 Å². The summed E-state index contributed by atoms with van der Waals surface area (Å²) in [5.41, 5.74) is 1.95. The van der Waals surface area contributed by atoms with Crippen LogP contribution in [0.15, 0.2) is 30.7 Å². The number of aryl methyl sites for hydroxylation is 1. The fraction of sp³-hybridized carbons (Fsp3) is 0.143. The second kappa shape index (κ2) is 4.47. The van der Waals surface area contributed by atoms with Crippen molar-refractivity contribution < 1.29 is 4.74 Å². The third-order valence-electron chi connectivity index (χ3n) is 3.32. The zero-order valence-corrected chi connectivity index (χ0v) is 12.9. The maximum absolute atomic E-state index is 5.90. The number of halogens is 1. The maximum atomic E-state index is 5.90. The number of hydrogen-bond donors (Lipinski definition) is 0. The van der Waals surface area contributed by atoms with Crippen LogP contribution in [-0.2, 0) is 7.05 Å². The van der Waals surface area contributed by atoms with E-state index in [0.717, 1.165) is 32.1 Å². The summed E-state index contributed by atoms with van der Waals surface area (Å²) in [5, 5.41) is 5.98. The molecule has 4 rings (SSSR count). The summed E-state index contributed by atoms with van der Waals surface area (Å²) in [6.07, 6.45) is 5.81. The summed E-state index contributed by atoms with van der Waals surface area (Å²) in [6.45, 7) is 0. The van der Waals surface area contributed by atoms with Crippen LogP contribution in [0.2, 0.25) is 5.15 Å². The largest absolute Gasteiger partial charge is 0.494 e. The maximum Gasteiger partial charge on any atom is 0.195 e. The number of imidazole rings is 1. The van der Waals surface area contributed by atoms with E-state index >= 15 is 0 Å². The Morgan fingerprint density at radius 3 is 2.86 bits per heavy atom. The lowest BCUT2D eigenvalue weighted by molar-refractivity contribution is 0.418. The Kier molecular flexibility index (Phi) is 2.70. The molecular formula is C14H11ClN4OS. The van der Waals surface area contributed by atoms with Gasteiger partial charge in [-0.05, 0) is 17.7 Å². The Balaban J connectivity index is 1.93. The van der Waals surface area contributed by atoms with Crippen LogP contribution in [0.5, 0.6) is 5.75 Å². The SMILES string of the molecule is COc1cc(-c2cn3cc(Cl)nc3s2)cc2cn(C)nc12. The number of ether oxygens (including phenoxy) is 1. The van der Waals surface area contributed by atoms with Gasteiger partial charge in [-0.15, -0.1) is 0 Å². The highest BCUT2D eigenvalue weighted by Crippen LogP contribution is 2.35. The predicted octanol–water partition coefficient (Wildman–Crippen LogP) is 3.61. The van der Waals surface area contributed by atoms with Crippen LogP contribution in [-0.4, -0.2) is 26.3 Å². The van der Waals surface area contributed by atoms with E-state index in [1.165, 1.54) is 0 Å². The van der Waals surface area contributed by atoms with Crippen LogP contribution in [0.4, 0.5) is 0 Å². The minimum absolute atomic E-state index is 0.507. The minimum Gasteiger partial charge on any atom is -0.494 e. The van der Waals surface area contributed by atoms with Crippen molar-refractivity contribution in [2.24, 2.45) is 7.05 Å². The molecule has 0 radical (unpaired) electrons. The molecule has 3 heterocycles. The van der Waals surface area contributed by atoms with Crippen LogP contribution >= 0.6 is 22.9 Å². The normalized spacial score (nSPS) is 11.6. The van der Waals surface area contributed by atoms with E-state index in [4.69, 9.17) is 16.3 Å². The summed E-state index contributed by atoms with van der Waals surface area (Å²) < 4.78 is 9.19. The molecule has 0 atom stereocenters. The number of methoxy groups -OCH3 is 1. The molecule has 0 amide bonds. The molecule has 0 bridgehead atoms. The highest BCUT2D eigenvalue weighted by molar-refractivity contribution is 7.20. The lowest BCUT2D eigenvalue weighted by Gasteiger charge is -2.03. The molecule has 0 aliphatic heterocycles. The Morgan fingerprint density at radius 2 is 2.10 bits per heavy atom. The van der Waals surface area contributed by atoms with E-state index < -0.39 is 0 Å². The molecule has 0 saturated heterocycles. The molecule has 5 nitrogen and oxygen atoms in total. The molecule has 0 aliphatic carbocycles. The molecule has 7 heteroatoms. The molecule has 0 saturated carbocycles. The number of rotatable bonds is 2. The van der Waals surface area contributed by atoms with E-state index in [9.17, 15) is 0 Å². The number of benzene rings is 1. The highest BCUT2D eigenvalue weighted by Gasteiger charge is 2.12. The Labute approximate surface area is 129 Å². The third kappa shape index (κ3) is 1.99. The van der Waals surface area contributed by atoms with Gasteiger partial charge in [0.15, 0.2) is 4.96 Å². The lowest BCUT2D eigenvalue weighted by Crippen LogP contribution is -1.88. The highest BCUT2D eigenvalue weighted by atomic mass is 35.5. The van der Waals surface area contributed by atoms with E-state index in [1.807, 2.05) is 29.9 Å². The third-order valence-corrected chi connectivity index (χ3v) is 4.55. The number of fused-ring (bicyclic) bond motifs is 2. The monoisotopic (exact) mass is 318 g/mol. The molecule has 21 heavy (non-hydrogen) atoms. The van der Waals surface area contributed by atoms with Crippen molar-refractivity contribution in [3.8, 4) is 16.2 Å². The summed E-state index contributed by atoms with van der Waals surface area (Å²) in [6, 6.07) is 4.11. The molecule has 0 N–H and O–H groups in total. The van der Waals surface area contributed by atoms with Crippen molar-refractivity contribution in [1.82, 2.24) is 19.2 Å². The van der Waals surface area contributed by atoms with Gasteiger partial charge in [-0.2, -0.15) is 5.10 Å². The van der Waals surface area contributed by atoms with Crippen LogP contribution in [0.3, 0.4) is 0 Å². The first-order valence-electron chi connectivity index (χ1n) is 6.30. The van der Waals surface area contributed by atoms with Crippen molar-refractivity contribution >= 4 is 38.8 Å². The van der Waals surface area contributed by atoms with Gasteiger partial charge in [0.2, 0.25) is 0 Å². The van der Waals surface area contributed by atoms with Gasteiger partial charge in [-0.25, -0.2) is 4.98 Å². The van der Waals surface area contributed by atoms with Gasteiger partial charge in [0.1, 0.15) is 16.4 Å². The lowest BCUT2D eigenvalue weighted by atomic mass is 10.1.